The highest BCUT2D eigenvalue weighted by Gasteiger charge is 2.39. The minimum absolute atomic E-state index is 0.130. The van der Waals surface area contributed by atoms with Gasteiger partial charge in [0, 0.05) is 5.56 Å². The van der Waals surface area contributed by atoms with Crippen molar-refractivity contribution in [2.24, 2.45) is 0 Å². The molecule has 0 spiro atoms. The van der Waals surface area contributed by atoms with Gasteiger partial charge in [0.2, 0.25) is 0 Å². The Morgan fingerprint density at radius 3 is 2.00 bits per heavy atom. The highest BCUT2D eigenvalue weighted by atomic mass is 19.4. The Balaban J connectivity index is 3.30. The summed E-state index contributed by atoms with van der Waals surface area (Å²) >= 11 is 0. The van der Waals surface area contributed by atoms with Crippen LogP contribution in [0.25, 0.3) is 0 Å². The molecule has 0 fully saturated rings. The maximum absolute atomic E-state index is 12.7. The summed E-state index contributed by atoms with van der Waals surface area (Å²) in [7, 11) is 1.41. The van der Waals surface area contributed by atoms with E-state index < -0.39 is 12.1 Å². The fraction of sp³-hybridized carbons (Fsp3) is 0.538. The molecule has 96 valence electrons. The number of rotatable bonds is 3. The Hall–Kier alpha value is -1.19. The first-order valence-electron chi connectivity index (χ1n) is 5.52. The first-order valence-corrected chi connectivity index (χ1v) is 5.52. The number of benzene rings is 1. The monoisotopic (exact) mass is 246 g/mol. The van der Waals surface area contributed by atoms with Crippen molar-refractivity contribution in [2.45, 2.75) is 38.8 Å². The van der Waals surface area contributed by atoms with Gasteiger partial charge in [0.15, 0.2) is 0 Å². The molecule has 17 heavy (non-hydrogen) atoms. The van der Waals surface area contributed by atoms with Crippen LogP contribution >= 0.6 is 0 Å². The summed E-state index contributed by atoms with van der Waals surface area (Å²) in [6.07, 6.45) is -4.25. The van der Waals surface area contributed by atoms with Crippen LogP contribution in [-0.2, 0) is 0 Å². The van der Waals surface area contributed by atoms with E-state index >= 15 is 0 Å². The SMILES string of the molecule is COc1c(C(C)C)cccc1C(C)C(F)(F)F. The van der Waals surface area contributed by atoms with Crippen LogP contribution in [0, 0.1) is 0 Å². The van der Waals surface area contributed by atoms with Crippen LogP contribution < -0.4 is 4.74 Å². The largest absolute Gasteiger partial charge is 0.496 e. The summed E-state index contributed by atoms with van der Waals surface area (Å²) in [5, 5.41) is 0. The topological polar surface area (TPSA) is 9.23 Å². The second kappa shape index (κ2) is 4.98. The number of ether oxygens (including phenoxy) is 1. The molecular formula is C13H17F3O. The van der Waals surface area contributed by atoms with Crippen molar-refractivity contribution in [1.82, 2.24) is 0 Å². The Kier molecular flexibility index (Phi) is 4.07. The van der Waals surface area contributed by atoms with Gasteiger partial charge in [-0.15, -0.1) is 0 Å². The zero-order valence-electron chi connectivity index (χ0n) is 10.4. The van der Waals surface area contributed by atoms with Gasteiger partial charge in [0.05, 0.1) is 13.0 Å². The summed E-state index contributed by atoms with van der Waals surface area (Å²) in [6, 6.07) is 4.92. The molecule has 0 radical (unpaired) electrons. The zero-order chi connectivity index (χ0) is 13.2. The summed E-state index contributed by atoms with van der Waals surface area (Å²) in [5.41, 5.74) is 1.01. The summed E-state index contributed by atoms with van der Waals surface area (Å²) in [6.45, 7) is 5.02. The molecule has 1 atom stereocenters. The number of hydrogen-bond donors (Lipinski definition) is 0. The second-order valence-electron chi connectivity index (χ2n) is 4.39. The molecule has 0 saturated heterocycles. The maximum Gasteiger partial charge on any atom is 0.395 e. The van der Waals surface area contributed by atoms with Crippen molar-refractivity contribution in [3.63, 3.8) is 0 Å². The first kappa shape index (κ1) is 13.9. The number of methoxy groups -OCH3 is 1. The van der Waals surface area contributed by atoms with E-state index in [2.05, 4.69) is 0 Å². The van der Waals surface area contributed by atoms with Gasteiger partial charge in [-0.3, -0.25) is 0 Å². The van der Waals surface area contributed by atoms with Gasteiger partial charge in [-0.1, -0.05) is 32.0 Å². The van der Waals surface area contributed by atoms with E-state index in [4.69, 9.17) is 4.74 Å². The third-order valence-corrected chi connectivity index (χ3v) is 2.86. The molecule has 0 aliphatic rings. The molecule has 0 saturated carbocycles. The summed E-state index contributed by atoms with van der Waals surface area (Å²) in [5.74, 6) is -1.03. The van der Waals surface area contributed by atoms with Gasteiger partial charge in [-0.05, 0) is 18.4 Å². The Labute approximate surface area is 99.6 Å². The third kappa shape index (κ3) is 2.93. The van der Waals surface area contributed by atoms with Crippen molar-refractivity contribution in [2.75, 3.05) is 7.11 Å². The van der Waals surface area contributed by atoms with Gasteiger partial charge >= 0.3 is 6.18 Å². The lowest BCUT2D eigenvalue weighted by Gasteiger charge is -2.21. The average molecular weight is 246 g/mol. The average Bonchev–Trinajstić information content (AvgIpc) is 2.25. The number of halogens is 3. The van der Waals surface area contributed by atoms with Crippen molar-refractivity contribution in [1.29, 1.82) is 0 Å². The second-order valence-corrected chi connectivity index (χ2v) is 4.39. The Bertz CT molecular complexity index is 383. The highest BCUT2D eigenvalue weighted by Crippen LogP contribution is 2.41. The standard InChI is InChI=1S/C13H17F3O/c1-8(2)10-6-5-7-11(12(10)17-4)9(3)13(14,15)16/h5-9H,1-4H3. The lowest BCUT2D eigenvalue weighted by Crippen LogP contribution is -2.18. The lowest BCUT2D eigenvalue weighted by molar-refractivity contribution is -0.146. The van der Waals surface area contributed by atoms with Crippen LogP contribution in [0.5, 0.6) is 5.75 Å². The number of para-hydroxylation sites is 1. The number of alkyl halides is 3. The molecule has 0 amide bonds. The first-order chi connectivity index (χ1) is 7.79. The molecule has 1 rings (SSSR count). The van der Waals surface area contributed by atoms with E-state index in [-0.39, 0.29) is 11.5 Å². The molecule has 1 aromatic carbocycles. The van der Waals surface area contributed by atoms with Crippen LogP contribution in [0.4, 0.5) is 13.2 Å². The molecule has 0 N–H and O–H groups in total. The van der Waals surface area contributed by atoms with Gasteiger partial charge in [0.1, 0.15) is 5.75 Å². The predicted octanol–water partition coefficient (Wildman–Crippen LogP) is 4.48. The van der Waals surface area contributed by atoms with Crippen molar-refractivity contribution in [3.8, 4) is 5.75 Å². The normalized spacial score (nSPS) is 13.9. The van der Waals surface area contributed by atoms with Crippen LogP contribution in [0.3, 0.4) is 0 Å². The lowest BCUT2D eigenvalue weighted by atomic mass is 9.93. The van der Waals surface area contributed by atoms with E-state index in [0.717, 1.165) is 12.5 Å². The van der Waals surface area contributed by atoms with Crippen LogP contribution in [0.2, 0.25) is 0 Å². The highest BCUT2D eigenvalue weighted by molar-refractivity contribution is 5.45. The molecule has 1 unspecified atom stereocenters. The smallest absolute Gasteiger partial charge is 0.395 e. The molecule has 4 heteroatoms. The van der Waals surface area contributed by atoms with Crippen LogP contribution in [0.1, 0.15) is 43.7 Å². The molecule has 1 nitrogen and oxygen atoms in total. The molecule has 0 aliphatic carbocycles. The molecule has 0 bridgehead atoms. The van der Waals surface area contributed by atoms with Crippen LogP contribution in [-0.4, -0.2) is 13.3 Å². The minimum Gasteiger partial charge on any atom is -0.496 e. The maximum atomic E-state index is 12.7. The third-order valence-electron chi connectivity index (χ3n) is 2.86. The molecule has 0 aromatic heterocycles. The number of hydrogen-bond acceptors (Lipinski definition) is 1. The van der Waals surface area contributed by atoms with E-state index in [1.54, 1.807) is 12.1 Å². The van der Waals surface area contributed by atoms with E-state index in [1.807, 2.05) is 13.8 Å². The quantitative estimate of drug-likeness (QED) is 0.763. The molecular weight excluding hydrogens is 229 g/mol. The van der Waals surface area contributed by atoms with Gasteiger partial charge < -0.3 is 4.74 Å². The minimum atomic E-state index is -4.25. The fourth-order valence-corrected chi connectivity index (χ4v) is 1.78. The van der Waals surface area contributed by atoms with Crippen molar-refractivity contribution < 1.29 is 17.9 Å². The Morgan fingerprint density at radius 1 is 1.06 bits per heavy atom. The van der Waals surface area contributed by atoms with Gasteiger partial charge in [0.25, 0.3) is 0 Å². The van der Waals surface area contributed by atoms with E-state index in [1.165, 1.54) is 13.2 Å². The molecule has 1 aromatic rings. The molecule has 0 heterocycles. The zero-order valence-corrected chi connectivity index (χ0v) is 10.4. The van der Waals surface area contributed by atoms with Crippen molar-refractivity contribution >= 4 is 0 Å². The van der Waals surface area contributed by atoms with Gasteiger partial charge in [-0.2, -0.15) is 13.2 Å². The summed E-state index contributed by atoms with van der Waals surface area (Å²) < 4.78 is 43.3. The molecule has 0 aliphatic heterocycles. The van der Waals surface area contributed by atoms with Crippen LogP contribution in [0.15, 0.2) is 18.2 Å². The van der Waals surface area contributed by atoms with E-state index in [0.29, 0.717) is 5.75 Å². The predicted molar refractivity (Wildman–Crippen MR) is 61.6 cm³/mol. The Morgan fingerprint density at radius 2 is 1.59 bits per heavy atom. The van der Waals surface area contributed by atoms with Gasteiger partial charge in [-0.25, -0.2) is 0 Å². The summed E-state index contributed by atoms with van der Waals surface area (Å²) in [4.78, 5) is 0. The fourth-order valence-electron chi connectivity index (χ4n) is 1.78. The van der Waals surface area contributed by atoms with Crippen molar-refractivity contribution in [3.05, 3.63) is 29.3 Å². The van der Waals surface area contributed by atoms with E-state index in [9.17, 15) is 13.2 Å².